The van der Waals surface area contributed by atoms with E-state index in [1.807, 2.05) is 19.0 Å². The zero-order valence-corrected chi connectivity index (χ0v) is 11.3. The molecule has 4 nitrogen and oxygen atoms in total. The minimum absolute atomic E-state index is 0.148. The lowest BCUT2D eigenvalue weighted by atomic mass is 10.1. The van der Waals surface area contributed by atoms with Gasteiger partial charge >= 0.3 is 0 Å². The summed E-state index contributed by atoms with van der Waals surface area (Å²) in [5.41, 5.74) is 6.52. The number of benzene rings is 1. The fourth-order valence-corrected chi connectivity index (χ4v) is 1.80. The summed E-state index contributed by atoms with van der Waals surface area (Å²) in [6, 6.07) is 4.39. The average Bonchev–Trinajstić information content (AvgIpc) is 2.68. The Morgan fingerprint density at radius 3 is 2.79 bits per heavy atom. The van der Waals surface area contributed by atoms with E-state index >= 15 is 0 Å². The molecule has 0 spiro atoms. The van der Waals surface area contributed by atoms with E-state index in [1.54, 1.807) is 18.3 Å². The van der Waals surface area contributed by atoms with E-state index in [1.165, 1.54) is 12.1 Å². The van der Waals surface area contributed by atoms with Gasteiger partial charge in [-0.3, -0.25) is 0 Å². The van der Waals surface area contributed by atoms with Crippen molar-refractivity contribution in [1.29, 1.82) is 0 Å². The van der Waals surface area contributed by atoms with Gasteiger partial charge in [-0.25, -0.2) is 4.39 Å². The van der Waals surface area contributed by atoms with Crippen molar-refractivity contribution in [1.82, 2.24) is 10.1 Å². The highest BCUT2D eigenvalue weighted by Gasteiger charge is 2.19. The Balaban J connectivity index is 2.48. The second kappa shape index (κ2) is 5.32. The zero-order chi connectivity index (χ0) is 14.0. The van der Waals surface area contributed by atoms with Gasteiger partial charge in [-0.15, -0.1) is 0 Å². The molecule has 0 saturated heterocycles. The number of nitrogens with two attached hydrogens (primary N) is 1. The molecule has 0 aliphatic heterocycles. The van der Waals surface area contributed by atoms with Gasteiger partial charge in [0.05, 0.1) is 10.6 Å². The van der Waals surface area contributed by atoms with Gasteiger partial charge in [-0.2, -0.15) is 0 Å². The van der Waals surface area contributed by atoms with Gasteiger partial charge in [0, 0.05) is 26.4 Å². The molecule has 0 atom stereocenters. The van der Waals surface area contributed by atoms with Crippen molar-refractivity contribution in [3.05, 3.63) is 41.0 Å². The van der Waals surface area contributed by atoms with Crippen LogP contribution in [0, 0.1) is 5.82 Å². The number of hydrogen-bond donors (Lipinski definition) is 1. The normalized spacial score (nSPS) is 11.2. The quantitative estimate of drug-likeness (QED) is 0.938. The fraction of sp³-hybridized carbons (Fsp3) is 0.154. The van der Waals surface area contributed by atoms with E-state index in [-0.39, 0.29) is 22.0 Å². The highest BCUT2D eigenvalue weighted by molar-refractivity contribution is 6.33. The lowest BCUT2D eigenvalue weighted by molar-refractivity contribution is 0.414. The molecule has 0 aliphatic carbocycles. The summed E-state index contributed by atoms with van der Waals surface area (Å²) in [6.07, 6.45) is 3.41. The first-order valence-corrected chi connectivity index (χ1v) is 5.92. The van der Waals surface area contributed by atoms with Crippen LogP contribution in [0.1, 0.15) is 5.76 Å². The predicted octanol–water partition coefficient (Wildman–Crippen LogP) is 3.25. The first kappa shape index (κ1) is 13.4. The van der Waals surface area contributed by atoms with Crippen LogP contribution in [0.2, 0.25) is 5.02 Å². The molecule has 0 unspecified atom stereocenters. The Labute approximate surface area is 115 Å². The molecule has 0 saturated carbocycles. The van der Waals surface area contributed by atoms with Crippen LogP contribution in [0.15, 0.2) is 28.9 Å². The Hall–Kier alpha value is -2.01. The fourth-order valence-electron chi connectivity index (χ4n) is 1.55. The van der Waals surface area contributed by atoms with E-state index in [2.05, 4.69) is 5.16 Å². The van der Waals surface area contributed by atoms with E-state index in [4.69, 9.17) is 21.9 Å². The van der Waals surface area contributed by atoms with Crippen LogP contribution in [-0.4, -0.2) is 24.2 Å². The predicted molar refractivity (Wildman–Crippen MR) is 74.0 cm³/mol. The molecule has 1 aromatic heterocycles. The molecule has 0 amide bonds. The summed E-state index contributed by atoms with van der Waals surface area (Å²) in [6.45, 7) is 0. The molecule has 100 valence electrons. The van der Waals surface area contributed by atoms with E-state index in [0.29, 0.717) is 5.76 Å². The number of nitrogen functional groups attached to an aromatic ring is 1. The molecule has 1 heterocycles. The molecule has 19 heavy (non-hydrogen) atoms. The number of hydrogen-bond acceptors (Lipinski definition) is 4. The Kier molecular flexibility index (Phi) is 3.76. The second-order valence-corrected chi connectivity index (χ2v) is 4.59. The standard InChI is InChI=1S/C13H13ClFN3O/c1-18(2)7-6-10-12(16)13(17-19-10)11-8(14)4-3-5-9(11)15/h3-7H,16H2,1-2H3/b7-6+. The SMILES string of the molecule is CN(C)/C=C/c1onc(-c2c(F)cccc2Cl)c1N. The smallest absolute Gasteiger partial charge is 0.184 e. The molecule has 2 aromatic rings. The van der Waals surface area contributed by atoms with Gasteiger partial charge in [-0.05, 0) is 12.1 Å². The zero-order valence-electron chi connectivity index (χ0n) is 10.5. The van der Waals surface area contributed by atoms with Gasteiger partial charge in [0.25, 0.3) is 0 Å². The van der Waals surface area contributed by atoms with Crippen molar-refractivity contribution in [2.24, 2.45) is 0 Å². The van der Waals surface area contributed by atoms with E-state index in [0.717, 1.165) is 0 Å². The first-order valence-electron chi connectivity index (χ1n) is 5.55. The van der Waals surface area contributed by atoms with Crippen LogP contribution in [0.3, 0.4) is 0 Å². The first-order chi connectivity index (χ1) is 9.00. The molecule has 0 fully saturated rings. The van der Waals surface area contributed by atoms with Gasteiger partial charge < -0.3 is 15.2 Å². The molecule has 0 bridgehead atoms. The molecule has 2 rings (SSSR count). The maximum atomic E-state index is 13.8. The minimum Gasteiger partial charge on any atom is -0.394 e. The molecule has 0 radical (unpaired) electrons. The topological polar surface area (TPSA) is 55.3 Å². The third-order valence-electron chi connectivity index (χ3n) is 2.48. The summed E-state index contributed by atoms with van der Waals surface area (Å²) in [4.78, 5) is 1.82. The van der Waals surface area contributed by atoms with Crippen molar-refractivity contribution in [3.8, 4) is 11.3 Å². The largest absolute Gasteiger partial charge is 0.394 e. The number of aromatic nitrogens is 1. The van der Waals surface area contributed by atoms with Gasteiger partial charge in [-0.1, -0.05) is 22.8 Å². The molecule has 0 aliphatic rings. The maximum Gasteiger partial charge on any atom is 0.184 e. The monoisotopic (exact) mass is 281 g/mol. The number of nitrogens with zero attached hydrogens (tertiary/aromatic N) is 2. The average molecular weight is 282 g/mol. The van der Waals surface area contributed by atoms with E-state index < -0.39 is 5.82 Å². The molecular weight excluding hydrogens is 269 g/mol. The summed E-state index contributed by atoms with van der Waals surface area (Å²) in [5.74, 6) is -0.126. The van der Waals surface area contributed by atoms with Crippen molar-refractivity contribution in [2.45, 2.75) is 0 Å². The van der Waals surface area contributed by atoms with Crippen molar-refractivity contribution in [3.63, 3.8) is 0 Å². The molecule has 2 N–H and O–H groups in total. The molecule has 6 heteroatoms. The summed E-state index contributed by atoms with van der Waals surface area (Å²) in [5, 5.41) is 4.03. The number of rotatable bonds is 3. The lowest BCUT2D eigenvalue weighted by Crippen LogP contribution is -1.99. The van der Waals surface area contributed by atoms with Crippen LogP contribution in [0.25, 0.3) is 17.3 Å². The van der Waals surface area contributed by atoms with Gasteiger partial charge in [0.1, 0.15) is 17.2 Å². The number of anilines is 1. The highest BCUT2D eigenvalue weighted by atomic mass is 35.5. The van der Waals surface area contributed by atoms with Crippen molar-refractivity contribution in [2.75, 3.05) is 19.8 Å². The Morgan fingerprint density at radius 1 is 1.42 bits per heavy atom. The van der Waals surface area contributed by atoms with Crippen molar-refractivity contribution < 1.29 is 8.91 Å². The van der Waals surface area contributed by atoms with Crippen molar-refractivity contribution >= 4 is 23.4 Å². The van der Waals surface area contributed by atoms with Crippen LogP contribution < -0.4 is 5.73 Å². The lowest BCUT2D eigenvalue weighted by Gasteiger charge is -2.03. The molecular formula is C13H13ClFN3O. The van der Waals surface area contributed by atoms with E-state index in [9.17, 15) is 4.39 Å². The summed E-state index contributed by atoms with van der Waals surface area (Å²) in [7, 11) is 3.72. The third kappa shape index (κ3) is 2.71. The number of halogens is 2. The van der Waals surface area contributed by atoms with Crippen LogP contribution in [0.4, 0.5) is 10.1 Å². The van der Waals surface area contributed by atoms with Crippen LogP contribution in [-0.2, 0) is 0 Å². The van der Waals surface area contributed by atoms with Crippen LogP contribution in [0.5, 0.6) is 0 Å². The Bertz CT molecular complexity index is 602. The van der Waals surface area contributed by atoms with Gasteiger partial charge in [0.2, 0.25) is 0 Å². The molecule has 1 aromatic carbocycles. The van der Waals surface area contributed by atoms with Gasteiger partial charge in [0.15, 0.2) is 5.76 Å². The van der Waals surface area contributed by atoms with Crippen LogP contribution >= 0.6 is 11.6 Å². The highest BCUT2D eigenvalue weighted by Crippen LogP contribution is 2.35. The Morgan fingerprint density at radius 2 is 2.16 bits per heavy atom. The minimum atomic E-state index is -0.490. The summed E-state index contributed by atoms with van der Waals surface area (Å²) >= 11 is 5.97. The second-order valence-electron chi connectivity index (χ2n) is 4.19. The maximum absolute atomic E-state index is 13.8. The summed E-state index contributed by atoms with van der Waals surface area (Å²) < 4.78 is 18.9. The third-order valence-corrected chi connectivity index (χ3v) is 2.79.